The number of rotatable bonds is 29. The molecule has 0 aromatic heterocycles. The molecule has 16 rings (SSSR count). The molecular weight excluding hydrogens is 1620 g/mol. The molecular formula is C108H99N7O10P2. The van der Waals surface area contributed by atoms with Crippen molar-refractivity contribution in [1.29, 1.82) is 15.8 Å². The molecule has 0 amide bonds. The van der Waals surface area contributed by atoms with Crippen LogP contribution in [0.5, 0.6) is 11.5 Å². The zero-order chi connectivity index (χ0) is 88.8. The number of hydrogen-bond acceptors (Lipinski definition) is 16. The molecule has 13 aromatic carbocycles. The van der Waals surface area contributed by atoms with E-state index in [-0.39, 0.29) is 43.7 Å². The highest BCUT2D eigenvalue weighted by Crippen LogP contribution is 2.53. The van der Waals surface area contributed by atoms with Gasteiger partial charge >= 0.3 is 7.60 Å². The van der Waals surface area contributed by atoms with E-state index < -0.39 is 21.6 Å². The molecule has 3 aliphatic carbocycles. The van der Waals surface area contributed by atoms with Crippen molar-refractivity contribution in [3.05, 3.63) is 355 Å². The second-order valence-corrected chi connectivity index (χ2v) is 33.8. The molecule has 0 aliphatic heterocycles. The van der Waals surface area contributed by atoms with Crippen molar-refractivity contribution in [3.63, 3.8) is 0 Å². The van der Waals surface area contributed by atoms with E-state index >= 15 is 0 Å². The molecule has 0 N–H and O–H groups in total. The summed E-state index contributed by atoms with van der Waals surface area (Å²) in [4.78, 5) is 33.5. The topological polar surface area (TPSA) is 209 Å². The standard InChI is InChI=1S/C62H50N4O2.C24H23NO2.C22H26N2O6P2/c1-64-62-49(26-18-44-21-31-50(32-22-44)65(52-33-23-45(42-67)24-34-52)60-15-7-11-46-9-3-5-13-55(46)60)28-39-57-58(62)40-27-48(59(57)41-63)25-17-43-19-29-51(30-20-43)66(53-35-37-54(68-2)38-36-53)61-16-8-12-47-10-4-6-14-56(47)61;1-27-22-15-13-21(14-16-22)25(20-11-9-18(17-26)10-12-20)24-8-4-6-19-5-2-3-7-23(19)24;1-5-27-22(31-25,28-6-2)21-12-11-17-18(20(21)14-24)10-9-16(19(17)13-23)15-32(26,29-7-3)30-8-4/h7-8,11-12,15-40,42H,3-6,9-10,13-14H2,2H3;4,6,8-17H,2-3,5,7H2,1H3;9-12H,5-8,15H2,1-4H3. The smallest absolute Gasteiger partial charge is 0.335 e. The van der Waals surface area contributed by atoms with Crippen LogP contribution in [0.3, 0.4) is 0 Å². The highest BCUT2D eigenvalue weighted by Gasteiger charge is 2.39. The van der Waals surface area contributed by atoms with Crippen molar-refractivity contribution in [1.82, 2.24) is 0 Å². The number of ether oxygens (including phenoxy) is 4. The summed E-state index contributed by atoms with van der Waals surface area (Å²) in [6, 6.07) is 89.8. The first-order valence-corrected chi connectivity index (χ1v) is 45.7. The minimum atomic E-state index is -3.44. The summed E-state index contributed by atoms with van der Waals surface area (Å²) in [5, 5.41) is 32.8. The minimum Gasteiger partial charge on any atom is -0.497 e. The van der Waals surface area contributed by atoms with E-state index in [9.17, 15) is 34.5 Å². The van der Waals surface area contributed by atoms with Crippen LogP contribution in [0.2, 0.25) is 0 Å². The lowest BCUT2D eigenvalue weighted by Gasteiger charge is -2.30. The Bertz CT molecular complexity index is 6430. The van der Waals surface area contributed by atoms with E-state index in [0.717, 1.165) is 130 Å². The van der Waals surface area contributed by atoms with Gasteiger partial charge in [-0.15, -0.1) is 0 Å². The van der Waals surface area contributed by atoms with Gasteiger partial charge in [0.1, 0.15) is 42.3 Å². The fourth-order valence-electron chi connectivity index (χ4n) is 17.4. The first-order chi connectivity index (χ1) is 62.2. The van der Waals surface area contributed by atoms with Gasteiger partial charge in [-0.1, -0.05) is 133 Å². The fourth-order valence-corrected chi connectivity index (χ4v) is 19.7. The highest BCUT2D eigenvalue weighted by atomic mass is 31.2. The first kappa shape index (κ1) is 89.6. The largest absolute Gasteiger partial charge is 0.497 e. The number of carbonyl (C=O) groups is 2. The molecule has 0 bridgehead atoms. The molecule has 0 atom stereocenters. The number of fused-ring (bicyclic) bond motifs is 5. The van der Waals surface area contributed by atoms with E-state index in [1.807, 2.05) is 121 Å². The van der Waals surface area contributed by atoms with Crippen molar-refractivity contribution in [2.24, 2.45) is 0 Å². The Morgan fingerprint density at radius 2 is 0.764 bits per heavy atom. The zero-order valence-corrected chi connectivity index (χ0v) is 74.1. The monoisotopic (exact) mass is 1720 g/mol. The molecule has 19 heteroatoms. The Hall–Kier alpha value is -13.7. The summed E-state index contributed by atoms with van der Waals surface area (Å²) in [5.41, 5.74) is 24.0. The molecule has 0 unspecified atom stereocenters. The van der Waals surface area contributed by atoms with Gasteiger partial charge in [-0.2, -0.15) is 15.8 Å². The quantitative estimate of drug-likeness (QED) is 0.0140. The highest BCUT2D eigenvalue weighted by molar-refractivity contribution is 7.53. The number of anilines is 9. The molecule has 3 aliphatic rings. The van der Waals surface area contributed by atoms with Gasteiger partial charge in [-0.25, -0.2) is 4.85 Å². The second kappa shape index (κ2) is 42.3. The summed E-state index contributed by atoms with van der Waals surface area (Å²) >= 11 is 0. The van der Waals surface area contributed by atoms with Gasteiger partial charge in [0.25, 0.3) is 5.53 Å². The van der Waals surface area contributed by atoms with Crippen LogP contribution in [0, 0.1) is 40.6 Å². The van der Waals surface area contributed by atoms with Gasteiger partial charge in [-0.05, 0) is 316 Å². The summed E-state index contributed by atoms with van der Waals surface area (Å²) in [5.74, 6) is 1.66. The molecule has 0 saturated carbocycles. The van der Waals surface area contributed by atoms with Gasteiger partial charge in [0.15, 0.2) is 0 Å². The summed E-state index contributed by atoms with van der Waals surface area (Å²) < 4.78 is 58.0. The van der Waals surface area contributed by atoms with Crippen LogP contribution in [0.15, 0.2) is 249 Å². The Balaban J connectivity index is 0.000000182. The number of nitriles is 3. The van der Waals surface area contributed by atoms with E-state index in [1.54, 1.807) is 66.2 Å². The Morgan fingerprint density at radius 1 is 0.409 bits per heavy atom. The van der Waals surface area contributed by atoms with Crippen molar-refractivity contribution in [3.8, 4) is 29.7 Å². The van der Waals surface area contributed by atoms with E-state index in [0.29, 0.717) is 44.3 Å². The number of nitrogens with zero attached hydrogens (tertiary/aromatic N) is 7. The van der Waals surface area contributed by atoms with E-state index in [4.69, 9.17) is 34.6 Å². The predicted octanol–water partition coefficient (Wildman–Crippen LogP) is 27.8. The normalized spacial score (nSPS) is 12.8. The van der Waals surface area contributed by atoms with E-state index in [1.165, 1.54) is 89.0 Å². The molecule has 0 radical (unpaired) electrons. The number of hydrogen-bond donors (Lipinski definition) is 0. The first-order valence-electron chi connectivity index (χ1n) is 43.2. The lowest BCUT2D eigenvalue weighted by atomic mass is 9.90. The van der Waals surface area contributed by atoms with Crippen LogP contribution in [0.1, 0.15) is 170 Å². The van der Waals surface area contributed by atoms with Gasteiger partial charge in [-0.3, -0.25) is 18.7 Å². The molecule has 17 nitrogen and oxygen atoms in total. The number of aldehydes is 2. The average Bonchev–Trinajstić information content (AvgIpc) is 0.730. The van der Waals surface area contributed by atoms with Crippen LogP contribution in [-0.4, -0.2) is 53.2 Å². The third-order valence-electron chi connectivity index (χ3n) is 23.4. The molecule has 636 valence electrons. The van der Waals surface area contributed by atoms with Crippen molar-refractivity contribution >= 4 is 131 Å². The third kappa shape index (κ3) is 20.0. The Morgan fingerprint density at radius 3 is 1.14 bits per heavy atom. The molecule has 127 heavy (non-hydrogen) atoms. The summed E-state index contributed by atoms with van der Waals surface area (Å²) in [6.45, 7) is 16.0. The SMILES string of the molecule is CCOC(OCC)(P=O)c1ccc2c(C#N)c(CP(=O)(OCC)OCC)ccc2c1C#N.COc1ccc(N(c2ccc(C=O)cc2)c2cccc3c2CCCC3)cc1.[C-]#[N+]c1c(C=Cc2ccc(N(c3ccc(C=O)cc3)c3cccc4c3CCCC4)cc2)ccc2c(C#N)c(C=Cc3ccc(N(c4ccc(OC)cc4)c4cccc5c4CCCC5)cc3)ccc12. The minimum absolute atomic E-state index is 0.0713. The number of carbonyl (C=O) groups excluding carboxylic acids is 2. The second-order valence-electron chi connectivity index (χ2n) is 30.9. The summed E-state index contributed by atoms with van der Waals surface area (Å²) in [6.07, 6.45) is 23.5. The van der Waals surface area contributed by atoms with Gasteiger partial charge in [0.05, 0.1) is 56.9 Å². The predicted molar refractivity (Wildman–Crippen MR) is 510 cm³/mol. The van der Waals surface area contributed by atoms with Crippen LogP contribution in [0.4, 0.5) is 56.9 Å². The van der Waals surface area contributed by atoms with Crippen molar-refractivity contribution in [2.75, 3.05) is 55.3 Å². The molecule has 13 aromatic rings. The van der Waals surface area contributed by atoms with Gasteiger partial charge < -0.3 is 42.7 Å². The van der Waals surface area contributed by atoms with Crippen LogP contribution < -0.4 is 24.2 Å². The Labute approximate surface area is 745 Å². The summed E-state index contributed by atoms with van der Waals surface area (Å²) in [7, 11) is -0.518. The van der Waals surface area contributed by atoms with Crippen LogP contribution in [-0.2, 0) is 77.9 Å². The molecule has 0 saturated heterocycles. The lowest BCUT2D eigenvalue weighted by molar-refractivity contribution is -0.176. The number of aryl methyl sites for hydroxylation is 3. The maximum absolute atomic E-state index is 13.0. The average molecular weight is 1720 g/mol. The number of benzene rings is 13. The zero-order valence-electron chi connectivity index (χ0n) is 72.3. The fraction of sp³-hybridized carbons (Fsp3) is 0.222. The number of methoxy groups -OCH3 is 2. The van der Waals surface area contributed by atoms with Crippen molar-refractivity contribution in [2.45, 2.75) is 116 Å². The molecule has 0 heterocycles. The third-order valence-corrected chi connectivity index (χ3v) is 26.2. The Kier molecular flexibility index (Phi) is 29.9. The molecule has 0 spiro atoms. The van der Waals surface area contributed by atoms with Crippen molar-refractivity contribution < 1.29 is 46.7 Å². The molecule has 0 fully saturated rings. The lowest BCUT2D eigenvalue weighted by Crippen LogP contribution is -2.28. The maximum Gasteiger partial charge on any atom is 0.335 e. The van der Waals surface area contributed by atoms with Gasteiger partial charge in [0, 0.05) is 91.9 Å². The van der Waals surface area contributed by atoms with E-state index in [2.05, 4.69) is 165 Å². The van der Waals surface area contributed by atoms with Crippen LogP contribution in [0.25, 0.3) is 50.7 Å². The van der Waals surface area contributed by atoms with Gasteiger partial charge in [0.2, 0.25) is 14.1 Å². The maximum atomic E-state index is 13.0. The van der Waals surface area contributed by atoms with Crippen LogP contribution >= 0.6 is 16.1 Å².